The highest BCUT2D eigenvalue weighted by Gasteiger charge is 2.15. The third kappa shape index (κ3) is 7.95. The Balaban J connectivity index is 2.35. The first kappa shape index (κ1) is 28.1. The van der Waals surface area contributed by atoms with Crippen LogP contribution < -0.4 is 18.9 Å². The minimum atomic E-state index is -0.415. The van der Waals surface area contributed by atoms with Crippen molar-refractivity contribution in [3.8, 4) is 23.0 Å². The maximum atomic E-state index is 13.1. The van der Waals surface area contributed by atoms with Crippen LogP contribution in [0.3, 0.4) is 0 Å². The summed E-state index contributed by atoms with van der Waals surface area (Å²) in [7, 11) is 7.64. The molecule has 0 saturated carbocycles. The molecule has 0 radical (unpaired) electrons. The van der Waals surface area contributed by atoms with Gasteiger partial charge in [-0.1, -0.05) is 30.9 Å². The molecule has 192 valence electrons. The first-order chi connectivity index (χ1) is 17.4. The van der Waals surface area contributed by atoms with Gasteiger partial charge in [0.15, 0.2) is 35.6 Å². The Bertz CT molecular complexity index is 1140. The Morgan fingerprint density at radius 3 is 1.78 bits per heavy atom. The molecule has 0 bridgehead atoms. The van der Waals surface area contributed by atoms with Crippen LogP contribution in [0.15, 0.2) is 72.2 Å². The Morgan fingerprint density at radius 2 is 1.31 bits per heavy atom. The molecule has 0 atom stereocenters. The Kier molecular flexibility index (Phi) is 11.1. The lowest BCUT2D eigenvalue weighted by atomic mass is 10.0. The first-order valence-electron chi connectivity index (χ1n) is 10.9. The molecule has 2 rings (SSSR count). The van der Waals surface area contributed by atoms with Gasteiger partial charge in [0.2, 0.25) is 0 Å². The summed E-state index contributed by atoms with van der Waals surface area (Å²) in [5, 5.41) is 10.8. The molecule has 0 saturated heterocycles. The van der Waals surface area contributed by atoms with Crippen LogP contribution in [0.1, 0.15) is 17.5 Å². The van der Waals surface area contributed by atoms with Gasteiger partial charge < -0.3 is 33.5 Å². The minimum absolute atomic E-state index is 0.0133. The standard InChI is InChI=1S/C28H32O8/c1-19(36-18-31-2)15-22(23(29)11-7-20-9-13-25(32-3)27(16-20)34-5)24(30)12-8-21-10-14-26(33-4)28(17-21)35-6/h7-14,16-17,29H,1,15,18H2,2-6H3/b11-7+,12-8+,23-22?. The zero-order valence-electron chi connectivity index (χ0n) is 21.2. The Morgan fingerprint density at radius 1 is 0.806 bits per heavy atom. The smallest absolute Gasteiger partial charge is 0.188 e. The van der Waals surface area contributed by atoms with Crippen LogP contribution in [0.25, 0.3) is 12.2 Å². The lowest BCUT2D eigenvalue weighted by Crippen LogP contribution is -2.06. The molecule has 2 aromatic carbocycles. The molecule has 0 fully saturated rings. The van der Waals surface area contributed by atoms with Crippen molar-refractivity contribution in [2.45, 2.75) is 6.42 Å². The maximum Gasteiger partial charge on any atom is 0.188 e. The van der Waals surface area contributed by atoms with Crippen LogP contribution in [0.4, 0.5) is 0 Å². The quantitative estimate of drug-likeness (QED) is 0.162. The number of hydrogen-bond donors (Lipinski definition) is 1. The molecule has 0 spiro atoms. The zero-order chi connectivity index (χ0) is 26.5. The Labute approximate surface area is 211 Å². The van der Waals surface area contributed by atoms with Crippen molar-refractivity contribution < 1.29 is 38.3 Å². The highest BCUT2D eigenvalue weighted by Crippen LogP contribution is 2.29. The van der Waals surface area contributed by atoms with Crippen molar-refractivity contribution in [3.63, 3.8) is 0 Å². The van der Waals surface area contributed by atoms with Gasteiger partial charge in [-0.15, -0.1) is 0 Å². The van der Waals surface area contributed by atoms with Gasteiger partial charge in [0.05, 0.1) is 34.2 Å². The SMILES string of the molecule is C=C(CC(C(=O)/C=C/c1ccc(OC)c(OC)c1)=C(O)/C=C/c1ccc(OC)c(OC)c1)OCOC. The van der Waals surface area contributed by atoms with Crippen molar-refractivity contribution in [1.29, 1.82) is 0 Å². The summed E-state index contributed by atoms with van der Waals surface area (Å²) in [6.45, 7) is 3.78. The van der Waals surface area contributed by atoms with E-state index in [1.54, 1.807) is 62.8 Å². The van der Waals surface area contributed by atoms with Gasteiger partial charge in [0.1, 0.15) is 5.76 Å². The topological polar surface area (TPSA) is 92.7 Å². The fourth-order valence-corrected chi connectivity index (χ4v) is 3.16. The molecule has 0 aliphatic carbocycles. The lowest BCUT2D eigenvalue weighted by Gasteiger charge is -2.11. The second kappa shape index (κ2) is 14.3. The van der Waals surface area contributed by atoms with E-state index < -0.39 is 5.78 Å². The fraction of sp³-hybridized carbons (Fsp3) is 0.250. The van der Waals surface area contributed by atoms with E-state index in [1.165, 1.54) is 33.5 Å². The average Bonchev–Trinajstić information content (AvgIpc) is 2.91. The van der Waals surface area contributed by atoms with Crippen molar-refractivity contribution in [3.05, 3.63) is 83.3 Å². The van der Waals surface area contributed by atoms with Crippen molar-refractivity contribution in [2.75, 3.05) is 42.3 Å². The summed E-state index contributed by atoms with van der Waals surface area (Å²) >= 11 is 0. The normalized spacial score (nSPS) is 11.8. The van der Waals surface area contributed by atoms with E-state index in [9.17, 15) is 9.90 Å². The van der Waals surface area contributed by atoms with Gasteiger partial charge in [0.25, 0.3) is 0 Å². The monoisotopic (exact) mass is 496 g/mol. The van der Waals surface area contributed by atoms with E-state index in [4.69, 9.17) is 28.4 Å². The predicted octanol–water partition coefficient (Wildman–Crippen LogP) is 5.35. The van der Waals surface area contributed by atoms with Gasteiger partial charge in [0, 0.05) is 19.1 Å². The summed E-state index contributed by atoms with van der Waals surface area (Å²) in [4.78, 5) is 13.1. The van der Waals surface area contributed by atoms with E-state index in [2.05, 4.69) is 6.58 Å². The molecular formula is C28H32O8. The van der Waals surface area contributed by atoms with Gasteiger partial charge >= 0.3 is 0 Å². The third-order valence-electron chi connectivity index (χ3n) is 5.04. The molecule has 36 heavy (non-hydrogen) atoms. The maximum absolute atomic E-state index is 13.1. The number of benzene rings is 2. The average molecular weight is 497 g/mol. The number of aliphatic hydroxyl groups is 1. The number of carbonyl (C=O) groups is 1. The minimum Gasteiger partial charge on any atom is -0.508 e. The molecule has 1 N–H and O–H groups in total. The van der Waals surface area contributed by atoms with Crippen LogP contribution in [-0.2, 0) is 14.3 Å². The van der Waals surface area contributed by atoms with Crippen molar-refractivity contribution >= 4 is 17.9 Å². The van der Waals surface area contributed by atoms with E-state index >= 15 is 0 Å². The van der Waals surface area contributed by atoms with Crippen LogP contribution in [-0.4, -0.2) is 53.2 Å². The zero-order valence-corrected chi connectivity index (χ0v) is 21.2. The summed E-state index contributed by atoms with van der Waals surface area (Å²) in [6.07, 6.45) is 6.05. The molecule has 0 aliphatic heterocycles. The van der Waals surface area contributed by atoms with E-state index in [0.29, 0.717) is 23.0 Å². The van der Waals surface area contributed by atoms with Gasteiger partial charge in [-0.3, -0.25) is 4.79 Å². The summed E-state index contributed by atoms with van der Waals surface area (Å²) in [5.74, 6) is 1.85. The van der Waals surface area contributed by atoms with Crippen LogP contribution in [0, 0.1) is 0 Å². The highest BCUT2D eigenvalue weighted by atomic mass is 16.7. The third-order valence-corrected chi connectivity index (χ3v) is 5.04. The fourth-order valence-electron chi connectivity index (χ4n) is 3.16. The molecule has 0 heterocycles. The molecule has 0 aliphatic rings. The number of methoxy groups -OCH3 is 5. The van der Waals surface area contributed by atoms with E-state index in [-0.39, 0.29) is 30.3 Å². The predicted molar refractivity (Wildman–Crippen MR) is 139 cm³/mol. The second-order valence-corrected chi connectivity index (χ2v) is 7.39. The molecule has 0 unspecified atom stereocenters. The van der Waals surface area contributed by atoms with Crippen LogP contribution in [0.2, 0.25) is 0 Å². The number of aliphatic hydroxyl groups excluding tert-OH is 1. The molecule has 8 nitrogen and oxygen atoms in total. The van der Waals surface area contributed by atoms with Crippen LogP contribution >= 0.6 is 0 Å². The second-order valence-electron chi connectivity index (χ2n) is 7.39. The van der Waals surface area contributed by atoms with Gasteiger partial charge in [-0.05, 0) is 47.5 Å². The molecular weight excluding hydrogens is 464 g/mol. The number of carbonyl (C=O) groups excluding carboxylic acids is 1. The van der Waals surface area contributed by atoms with Crippen molar-refractivity contribution in [1.82, 2.24) is 0 Å². The Hall–Kier alpha value is -4.17. The first-order valence-corrected chi connectivity index (χ1v) is 10.9. The van der Waals surface area contributed by atoms with E-state index in [1.807, 2.05) is 0 Å². The number of rotatable bonds is 14. The van der Waals surface area contributed by atoms with Gasteiger partial charge in [-0.2, -0.15) is 0 Å². The summed E-state index contributed by atoms with van der Waals surface area (Å²) in [5.41, 5.74) is 1.56. The lowest BCUT2D eigenvalue weighted by molar-refractivity contribution is -0.111. The van der Waals surface area contributed by atoms with Gasteiger partial charge in [-0.25, -0.2) is 0 Å². The highest BCUT2D eigenvalue weighted by molar-refractivity contribution is 6.07. The van der Waals surface area contributed by atoms with E-state index in [0.717, 1.165) is 11.1 Å². The molecule has 0 aromatic heterocycles. The van der Waals surface area contributed by atoms with Crippen LogP contribution in [0.5, 0.6) is 23.0 Å². The van der Waals surface area contributed by atoms with Crippen molar-refractivity contribution in [2.24, 2.45) is 0 Å². The molecule has 8 heteroatoms. The summed E-state index contributed by atoms with van der Waals surface area (Å²) in [6, 6.07) is 10.6. The number of allylic oxidation sites excluding steroid dienone is 3. The molecule has 0 amide bonds. The summed E-state index contributed by atoms with van der Waals surface area (Å²) < 4.78 is 31.3. The number of ether oxygens (including phenoxy) is 6. The number of ketones is 1. The molecule has 2 aromatic rings. The largest absolute Gasteiger partial charge is 0.508 e. The number of hydrogen-bond acceptors (Lipinski definition) is 8.